The lowest BCUT2D eigenvalue weighted by Crippen LogP contribution is -2.34. The highest BCUT2D eigenvalue weighted by Crippen LogP contribution is 2.30. The Kier molecular flexibility index (Phi) is 5.48. The van der Waals surface area contributed by atoms with Gasteiger partial charge in [0.1, 0.15) is 5.75 Å². The molecule has 6 heteroatoms. The number of hydrogen-bond acceptors (Lipinski definition) is 3. The summed E-state index contributed by atoms with van der Waals surface area (Å²) in [6.45, 7) is -2.46. The largest absolute Gasteiger partial charge is 0.481 e. The third kappa shape index (κ3) is 4.25. The molecule has 0 aliphatic heterocycles. The van der Waals surface area contributed by atoms with E-state index in [0.717, 1.165) is 23.6 Å². The molecule has 3 rings (SSSR count). The maximum absolute atomic E-state index is 12.7. The fourth-order valence-corrected chi connectivity index (χ4v) is 3.50. The van der Waals surface area contributed by atoms with Gasteiger partial charge in [-0.1, -0.05) is 30.3 Å². The molecule has 134 valence electrons. The normalized spacial score (nSPS) is 20.8. The average molecular weight is 349 g/mol. The number of alkyl halides is 2. The second kappa shape index (κ2) is 7.78. The molecule has 2 N–H and O–H groups in total. The molecule has 1 aliphatic rings. The van der Waals surface area contributed by atoms with Crippen LogP contribution in [0.5, 0.6) is 5.75 Å². The molecule has 25 heavy (non-hydrogen) atoms. The van der Waals surface area contributed by atoms with Crippen LogP contribution < -0.4 is 10.1 Å². The number of aliphatic carboxylic acids is 1. The van der Waals surface area contributed by atoms with E-state index in [1.54, 1.807) is 12.1 Å². The number of ether oxygens (including phenoxy) is 1. The van der Waals surface area contributed by atoms with Crippen LogP contribution in [0.25, 0.3) is 10.8 Å². The zero-order chi connectivity index (χ0) is 17.8. The lowest BCUT2D eigenvalue weighted by atomic mass is 9.86. The molecule has 0 heterocycles. The summed E-state index contributed by atoms with van der Waals surface area (Å²) in [6, 6.07) is 11.1. The third-order valence-corrected chi connectivity index (χ3v) is 4.86. The molecule has 0 bridgehead atoms. The van der Waals surface area contributed by atoms with E-state index in [1.807, 2.05) is 24.3 Å². The van der Waals surface area contributed by atoms with Gasteiger partial charge in [-0.15, -0.1) is 0 Å². The Bertz CT molecular complexity index is 743. The highest BCUT2D eigenvalue weighted by molar-refractivity contribution is 5.87. The Labute approximate surface area is 144 Å². The molecule has 0 aromatic heterocycles. The van der Waals surface area contributed by atoms with E-state index in [9.17, 15) is 13.6 Å². The van der Waals surface area contributed by atoms with Gasteiger partial charge in [-0.05, 0) is 42.5 Å². The monoisotopic (exact) mass is 349 g/mol. The van der Waals surface area contributed by atoms with Gasteiger partial charge >= 0.3 is 12.6 Å². The minimum absolute atomic E-state index is 0.181. The smallest absolute Gasteiger partial charge is 0.387 e. The summed E-state index contributed by atoms with van der Waals surface area (Å²) in [5.74, 6) is -0.825. The molecule has 0 atom stereocenters. The van der Waals surface area contributed by atoms with Crippen molar-refractivity contribution in [3.8, 4) is 5.75 Å². The minimum atomic E-state index is -2.87. The first-order chi connectivity index (χ1) is 12.0. The Balaban J connectivity index is 1.74. The molecule has 4 nitrogen and oxygen atoms in total. The van der Waals surface area contributed by atoms with Crippen molar-refractivity contribution in [3.05, 3.63) is 42.0 Å². The second-order valence-corrected chi connectivity index (χ2v) is 6.41. The van der Waals surface area contributed by atoms with Crippen LogP contribution in [0, 0.1) is 5.92 Å². The summed E-state index contributed by atoms with van der Waals surface area (Å²) in [6.07, 6.45) is 2.82. The van der Waals surface area contributed by atoms with Gasteiger partial charge in [0.2, 0.25) is 0 Å². The van der Waals surface area contributed by atoms with Gasteiger partial charge in [0, 0.05) is 18.2 Å². The quantitative estimate of drug-likeness (QED) is 0.822. The summed E-state index contributed by atoms with van der Waals surface area (Å²) in [5.41, 5.74) is 0.707. The average Bonchev–Trinajstić information content (AvgIpc) is 2.60. The van der Waals surface area contributed by atoms with E-state index in [-0.39, 0.29) is 17.7 Å². The molecule has 2 aromatic rings. The lowest BCUT2D eigenvalue weighted by molar-refractivity contribution is -0.142. The predicted octanol–water partition coefficient (Wildman–Crippen LogP) is 4.17. The summed E-state index contributed by atoms with van der Waals surface area (Å²) >= 11 is 0. The van der Waals surface area contributed by atoms with E-state index >= 15 is 0 Å². The van der Waals surface area contributed by atoms with Gasteiger partial charge in [-0.2, -0.15) is 8.78 Å². The number of halogens is 2. The van der Waals surface area contributed by atoms with Crippen molar-refractivity contribution in [2.75, 3.05) is 0 Å². The van der Waals surface area contributed by atoms with Gasteiger partial charge in [0.25, 0.3) is 0 Å². The Morgan fingerprint density at radius 3 is 2.56 bits per heavy atom. The standard InChI is InChI=1S/C19H21F2NO3/c20-19(21)25-17-10-7-12-3-1-2-4-15(12)16(17)11-22-14-8-5-13(6-9-14)18(23)24/h1-4,7,10,13-14,19,22H,5-6,8-9,11H2,(H,23,24). The van der Waals surface area contributed by atoms with Crippen LogP contribution in [0.3, 0.4) is 0 Å². The lowest BCUT2D eigenvalue weighted by Gasteiger charge is -2.27. The molecule has 1 aliphatic carbocycles. The Hall–Kier alpha value is -2.21. The van der Waals surface area contributed by atoms with Crippen molar-refractivity contribution in [3.63, 3.8) is 0 Å². The highest BCUT2D eigenvalue weighted by atomic mass is 19.3. The van der Waals surface area contributed by atoms with Gasteiger partial charge < -0.3 is 15.2 Å². The zero-order valence-electron chi connectivity index (χ0n) is 13.8. The van der Waals surface area contributed by atoms with Crippen LogP contribution in [-0.4, -0.2) is 23.7 Å². The van der Waals surface area contributed by atoms with Crippen LogP contribution in [0.4, 0.5) is 8.78 Å². The number of carboxylic acid groups (broad SMARTS) is 1. The molecule has 1 saturated carbocycles. The number of fused-ring (bicyclic) bond motifs is 1. The van der Waals surface area contributed by atoms with Gasteiger partial charge in [0.15, 0.2) is 0 Å². The fraction of sp³-hybridized carbons (Fsp3) is 0.421. The van der Waals surface area contributed by atoms with E-state index in [4.69, 9.17) is 9.84 Å². The van der Waals surface area contributed by atoms with E-state index in [2.05, 4.69) is 5.32 Å². The van der Waals surface area contributed by atoms with Crippen LogP contribution in [0.2, 0.25) is 0 Å². The van der Waals surface area contributed by atoms with Crippen LogP contribution in [0.15, 0.2) is 36.4 Å². The Morgan fingerprint density at radius 1 is 1.16 bits per heavy atom. The first-order valence-electron chi connectivity index (χ1n) is 8.46. The molecular formula is C19H21F2NO3. The van der Waals surface area contributed by atoms with Crippen molar-refractivity contribution in [1.82, 2.24) is 5.32 Å². The van der Waals surface area contributed by atoms with Gasteiger partial charge in [-0.25, -0.2) is 0 Å². The molecule has 1 fully saturated rings. The number of rotatable bonds is 6. The SMILES string of the molecule is O=C(O)C1CCC(NCc2c(OC(F)F)ccc3ccccc23)CC1. The zero-order valence-corrected chi connectivity index (χ0v) is 13.8. The first-order valence-corrected chi connectivity index (χ1v) is 8.46. The number of nitrogens with one attached hydrogen (secondary N) is 1. The fourth-order valence-electron chi connectivity index (χ4n) is 3.50. The molecule has 0 saturated heterocycles. The van der Waals surface area contributed by atoms with Crippen LogP contribution >= 0.6 is 0 Å². The molecular weight excluding hydrogens is 328 g/mol. The molecule has 0 radical (unpaired) electrons. The first kappa shape index (κ1) is 17.6. The van der Waals surface area contributed by atoms with Crippen molar-refractivity contribution >= 4 is 16.7 Å². The topological polar surface area (TPSA) is 58.6 Å². The third-order valence-electron chi connectivity index (χ3n) is 4.86. The maximum atomic E-state index is 12.7. The molecule has 2 aromatic carbocycles. The summed E-state index contributed by atoms with van der Waals surface area (Å²) in [4.78, 5) is 11.0. The summed E-state index contributed by atoms with van der Waals surface area (Å²) < 4.78 is 30.1. The van der Waals surface area contributed by atoms with Crippen molar-refractivity contribution in [2.24, 2.45) is 5.92 Å². The van der Waals surface area contributed by atoms with Crippen molar-refractivity contribution in [2.45, 2.75) is 44.9 Å². The number of carbonyl (C=O) groups is 1. The van der Waals surface area contributed by atoms with E-state index < -0.39 is 12.6 Å². The van der Waals surface area contributed by atoms with Crippen molar-refractivity contribution in [1.29, 1.82) is 0 Å². The number of benzene rings is 2. The van der Waals surface area contributed by atoms with E-state index in [1.165, 1.54) is 0 Å². The second-order valence-electron chi connectivity index (χ2n) is 6.41. The van der Waals surface area contributed by atoms with Crippen LogP contribution in [-0.2, 0) is 11.3 Å². The number of carboxylic acids is 1. The molecule has 0 spiro atoms. The Morgan fingerprint density at radius 2 is 1.88 bits per heavy atom. The number of hydrogen-bond donors (Lipinski definition) is 2. The molecule has 0 amide bonds. The van der Waals surface area contributed by atoms with E-state index in [0.29, 0.717) is 24.9 Å². The van der Waals surface area contributed by atoms with Crippen LogP contribution in [0.1, 0.15) is 31.2 Å². The summed E-state index contributed by atoms with van der Waals surface area (Å²) in [5, 5.41) is 14.3. The predicted molar refractivity (Wildman–Crippen MR) is 90.8 cm³/mol. The molecule has 0 unspecified atom stereocenters. The van der Waals surface area contributed by atoms with Gasteiger partial charge in [-0.3, -0.25) is 4.79 Å². The summed E-state index contributed by atoms with van der Waals surface area (Å²) in [7, 11) is 0. The van der Waals surface area contributed by atoms with Gasteiger partial charge in [0.05, 0.1) is 5.92 Å². The highest BCUT2D eigenvalue weighted by Gasteiger charge is 2.26. The maximum Gasteiger partial charge on any atom is 0.387 e. The van der Waals surface area contributed by atoms with Crippen molar-refractivity contribution < 1.29 is 23.4 Å². The minimum Gasteiger partial charge on any atom is -0.481 e.